The number of Topliss-reactive ketones (excluding diaryl/α,β-unsaturated/α-hetero) is 1. The van der Waals surface area contributed by atoms with E-state index in [1.807, 2.05) is 0 Å². The van der Waals surface area contributed by atoms with Gasteiger partial charge in [-0.05, 0) is 25.7 Å². The molecule has 92 valence electrons. The first-order valence-corrected chi connectivity index (χ1v) is 5.72. The van der Waals surface area contributed by atoms with Crippen molar-refractivity contribution in [3.05, 3.63) is 0 Å². The minimum Gasteiger partial charge on any atom is -0.382 e. The third-order valence-corrected chi connectivity index (χ3v) is 3.16. The molecule has 0 heterocycles. The van der Waals surface area contributed by atoms with Gasteiger partial charge in [-0.1, -0.05) is 13.8 Å². The number of hydrogen-bond acceptors (Lipinski definition) is 3. The monoisotopic (exact) mass is 227 g/mol. The van der Waals surface area contributed by atoms with Gasteiger partial charge in [-0.2, -0.15) is 0 Å². The Morgan fingerprint density at radius 2 is 2.00 bits per heavy atom. The first kappa shape index (κ1) is 13.0. The smallest absolute Gasteiger partial charge is 0.185 e. The van der Waals surface area contributed by atoms with Crippen molar-refractivity contribution < 1.29 is 9.90 Å². The van der Waals surface area contributed by atoms with Crippen LogP contribution in [0, 0.1) is 11.3 Å². The van der Waals surface area contributed by atoms with Gasteiger partial charge in [-0.3, -0.25) is 10.2 Å². The Balaban J connectivity index is 2.53. The maximum atomic E-state index is 11.8. The van der Waals surface area contributed by atoms with Gasteiger partial charge in [0.2, 0.25) is 0 Å². The number of carbonyl (C=O) groups is 1. The summed E-state index contributed by atoms with van der Waals surface area (Å²) >= 11 is 0. The molecule has 1 saturated carbocycles. The van der Waals surface area contributed by atoms with Crippen LogP contribution in [-0.4, -0.2) is 28.5 Å². The van der Waals surface area contributed by atoms with Crippen molar-refractivity contribution in [1.82, 2.24) is 5.32 Å². The topological polar surface area (TPSA) is 99.2 Å². The zero-order chi connectivity index (χ0) is 12.3. The van der Waals surface area contributed by atoms with Crippen molar-refractivity contribution in [2.75, 3.05) is 0 Å². The highest BCUT2D eigenvalue weighted by atomic mass is 16.3. The molecule has 0 saturated heterocycles. The van der Waals surface area contributed by atoms with E-state index in [0.717, 1.165) is 0 Å². The van der Waals surface area contributed by atoms with Gasteiger partial charge in [0, 0.05) is 12.0 Å². The lowest BCUT2D eigenvalue weighted by Gasteiger charge is -2.36. The molecule has 0 aromatic carbocycles. The Kier molecular flexibility index (Phi) is 3.91. The summed E-state index contributed by atoms with van der Waals surface area (Å²) in [6, 6.07) is 0.109. The molecule has 16 heavy (non-hydrogen) atoms. The van der Waals surface area contributed by atoms with Crippen LogP contribution in [0.25, 0.3) is 0 Å². The van der Waals surface area contributed by atoms with Crippen molar-refractivity contribution in [3.63, 3.8) is 0 Å². The van der Waals surface area contributed by atoms with E-state index in [9.17, 15) is 9.90 Å². The van der Waals surface area contributed by atoms with Crippen molar-refractivity contribution in [3.8, 4) is 0 Å². The second-order valence-corrected chi connectivity index (χ2v) is 4.88. The fraction of sp³-hybridized carbons (Fsp3) is 0.818. The molecule has 1 aliphatic rings. The van der Waals surface area contributed by atoms with Gasteiger partial charge in [-0.25, -0.2) is 0 Å². The zero-order valence-electron chi connectivity index (χ0n) is 9.92. The van der Waals surface area contributed by atoms with Crippen LogP contribution in [0.2, 0.25) is 0 Å². The lowest BCUT2D eigenvalue weighted by molar-refractivity contribution is -0.144. The van der Waals surface area contributed by atoms with E-state index >= 15 is 0 Å². The van der Waals surface area contributed by atoms with Crippen LogP contribution >= 0.6 is 0 Å². The number of hydrogen-bond donors (Lipinski definition) is 4. The minimum absolute atomic E-state index is 0.0503. The van der Waals surface area contributed by atoms with Crippen LogP contribution in [0.1, 0.15) is 39.5 Å². The van der Waals surface area contributed by atoms with Gasteiger partial charge in [0.25, 0.3) is 0 Å². The van der Waals surface area contributed by atoms with E-state index in [1.165, 1.54) is 0 Å². The van der Waals surface area contributed by atoms with E-state index in [2.05, 4.69) is 5.32 Å². The predicted molar refractivity (Wildman–Crippen MR) is 62.1 cm³/mol. The first-order chi connectivity index (χ1) is 7.35. The molecule has 0 spiro atoms. The third kappa shape index (κ3) is 2.95. The Bertz CT molecular complexity index is 281. The summed E-state index contributed by atoms with van der Waals surface area (Å²) in [7, 11) is 0. The lowest BCUT2D eigenvalue weighted by atomic mass is 9.76. The molecule has 1 aliphatic carbocycles. The maximum absolute atomic E-state index is 11.8. The quantitative estimate of drug-likeness (QED) is 0.413. The SMILES string of the molecule is CC(C)C(=O)C1(O)CCC(NC(=N)N)CC1. The number of nitrogens with two attached hydrogens (primary N) is 1. The molecule has 0 radical (unpaired) electrons. The first-order valence-electron chi connectivity index (χ1n) is 5.72. The highest BCUT2D eigenvalue weighted by Crippen LogP contribution is 2.31. The molecular weight excluding hydrogens is 206 g/mol. The second kappa shape index (κ2) is 4.82. The number of rotatable bonds is 3. The summed E-state index contributed by atoms with van der Waals surface area (Å²) in [6.07, 6.45) is 2.26. The Labute approximate surface area is 95.9 Å². The van der Waals surface area contributed by atoms with E-state index < -0.39 is 5.60 Å². The summed E-state index contributed by atoms with van der Waals surface area (Å²) in [5, 5.41) is 20.1. The van der Waals surface area contributed by atoms with Crippen molar-refractivity contribution in [1.29, 1.82) is 5.41 Å². The summed E-state index contributed by atoms with van der Waals surface area (Å²) in [5.74, 6) is -0.262. The van der Waals surface area contributed by atoms with Crippen LogP contribution in [0.15, 0.2) is 0 Å². The molecule has 0 amide bonds. The van der Waals surface area contributed by atoms with E-state index in [-0.39, 0.29) is 23.7 Å². The zero-order valence-corrected chi connectivity index (χ0v) is 9.92. The summed E-state index contributed by atoms with van der Waals surface area (Å²) in [4.78, 5) is 11.8. The van der Waals surface area contributed by atoms with Crippen LogP contribution in [0.4, 0.5) is 0 Å². The summed E-state index contributed by atoms with van der Waals surface area (Å²) in [6.45, 7) is 3.61. The molecule has 5 N–H and O–H groups in total. The van der Waals surface area contributed by atoms with E-state index in [0.29, 0.717) is 25.7 Å². The minimum atomic E-state index is -1.16. The molecule has 1 fully saturated rings. The van der Waals surface area contributed by atoms with Gasteiger partial charge in [0.1, 0.15) is 5.60 Å². The number of aliphatic hydroxyl groups is 1. The molecule has 0 atom stereocenters. The Morgan fingerprint density at radius 1 is 1.50 bits per heavy atom. The van der Waals surface area contributed by atoms with E-state index in [4.69, 9.17) is 11.1 Å². The van der Waals surface area contributed by atoms with Crippen molar-refractivity contribution in [2.45, 2.75) is 51.2 Å². The van der Waals surface area contributed by atoms with Crippen molar-refractivity contribution in [2.24, 2.45) is 11.7 Å². The average molecular weight is 227 g/mol. The number of ketones is 1. The fourth-order valence-corrected chi connectivity index (χ4v) is 2.24. The van der Waals surface area contributed by atoms with Gasteiger partial charge in [0.15, 0.2) is 11.7 Å². The van der Waals surface area contributed by atoms with Crippen LogP contribution in [0.3, 0.4) is 0 Å². The molecule has 0 aromatic rings. The van der Waals surface area contributed by atoms with Crippen LogP contribution in [-0.2, 0) is 4.79 Å². The summed E-state index contributed by atoms with van der Waals surface area (Å²) < 4.78 is 0. The maximum Gasteiger partial charge on any atom is 0.185 e. The van der Waals surface area contributed by atoms with Crippen LogP contribution < -0.4 is 11.1 Å². The largest absolute Gasteiger partial charge is 0.382 e. The predicted octanol–water partition coefficient (Wildman–Crippen LogP) is 0.368. The average Bonchev–Trinajstić information content (AvgIpc) is 2.20. The van der Waals surface area contributed by atoms with Gasteiger partial charge < -0.3 is 16.2 Å². The van der Waals surface area contributed by atoms with E-state index in [1.54, 1.807) is 13.8 Å². The standard InChI is InChI=1S/C11H21N3O2/c1-7(2)9(15)11(16)5-3-8(4-6-11)14-10(12)13/h7-8,16H,3-6H2,1-2H3,(H4,12,13,14). The molecule has 5 heteroatoms. The van der Waals surface area contributed by atoms with Gasteiger partial charge in [0.05, 0.1) is 0 Å². The second-order valence-electron chi connectivity index (χ2n) is 4.88. The molecule has 0 bridgehead atoms. The molecule has 5 nitrogen and oxygen atoms in total. The molecule has 0 unspecified atom stereocenters. The third-order valence-electron chi connectivity index (χ3n) is 3.16. The normalized spacial score (nSPS) is 30.1. The number of nitrogens with one attached hydrogen (secondary N) is 2. The molecule has 1 rings (SSSR count). The van der Waals surface area contributed by atoms with Gasteiger partial charge in [-0.15, -0.1) is 0 Å². The number of carbonyl (C=O) groups excluding carboxylic acids is 1. The fourth-order valence-electron chi connectivity index (χ4n) is 2.24. The van der Waals surface area contributed by atoms with Gasteiger partial charge >= 0.3 is 0 Å². The Hall–Kier alpha value is -1.10. The Morgan fingerprint density at radius 3 is 2.38 bits per heavy atom. The highest BCUT2D eigenvalue weighted by molar-refractivity contribution is 5.88. The summed E-state index contributed by atoms with van der Waals surface area (Å²) in [5.41, 5.74) is 4.08. The molecule has 0 aliphatic heterocycles. The van der Waals surface area contributed by atoms with Crippen LogP contribution in [0.5, 0.6) is 0 Å². The van der Waals surface area contributed by atoms with Crippen molar-refractivity contribution >= 4 is 11.7 Å². The lowest BCUT2D eigenvalue weighted by Crippen LogP contribution is -2.49. The molecular formula is C11H21N3O2. The highest BCUT2D eigenvalue weighted by Gasteiger charge is 2.40. The number of guanidine groups is 1. The molecule has 0 aromatic heterocycles.